The van der Waals surface area contributed by atoms with Gasteiger partial charge in [0.15, 0.2) is 0 Å². The average Bonchev–Trinajstić information content (AvgIpc) is 2.95. The number of nitrogens with one attached hydrogen (secondary N) is 2. The minimum atomic E-state index is -0.361. The van der Waals surface area contributed by atoms with Crippen molar-refractivity contribution in [2.75, 3.05) is 39.1 Å². The van der Waals surface area contributed by atoms with Gasteiger partial charge in [-0.2, -0.15) is 0 Å². The molecule has 1 aromatic heterocycles. The summed E-state index contributed by atoms with van der Waals surface area (Å²) in [5.74, 6) is 0.00195. The number of aliphatic hydroxyl groups is 1. The standard InChI is InChI=1S/C20H19N3O3.C4H11N.C3H8O.2C2H6/c1-14(24)26-19-4-2-3-15(9-19)11-22-13-20(25)23-18-6-5-17-12-21-8-7-16(17)10-18;1-4-5(2)3;1-2-3-4;2*1-2/h2-10,12,22H,11,13H2,1H3,(H,23,25);4H2,1-3H3;4H,2-3H2,1H3;2*1-2H3. The number of amides is 1. The normalized spacial score (nSPS) is 9.31. The second-order valence-corrected chi connectivity index (χ2v) is 7.95. The molecule has 39 heavy (non-hydrogen) atoms. The summed E-state index contributed by atoms with van der Waals surface area (Å²) < 4.78 is 5.05. The molecule has 0 radical (unpaired) electrons. The summed E-state index contributed by atoms with van der Waals surface area (Å²) in [6, 6.07) is 14.8. The van der Waals surface area contributed by atoms with Gasteiger partial charge in [-0.05, 0) is 68.3 Å². The summed E-state index contributed by atoms with van der Waals surface area (Å²) in [7, 11) is 4.11. The van der Waals surface area contributed by atoms with E-state index in [1.54, 1.807) is 30.6 Å². The van der Waals surface area contributed by atoms with Gasteiger partial charge in [0.2, 0.25) is 5.91 Å². The van der Waals surface area contributed by atoms with E-state index in [0.29, 0.717) is 18.9 Å². The number of aromatic nitrogens is 1. The summed E-state index contributed by atoms with van der Waals surface area (Å²) >= 11 is 0. The van der Waals surface area contributed by atoms with Crippen molar-refractivity contribution in [3.05, 3.63) is 66.5 Å². The van der Waals surface area contributed by atoms with Crippen molar-refractivity contribution in [3.8, 4) is 5.75 Å². The van der Waals surface area contributed by atoms with Crippen LogP contribution in [-0.2, 0) is 16.1 Å². The largest absolute Gasteiger partial charge is 0.427 e. The van der Waals surface area contributed by atoms with Crippen molar-refractivity contribution in [1.29, 1.82) is 0 Å². The molecule has 0 fully saturated rings. The van der Waals surface area contributed by atoms with Crippen LogP contribution in [0.3, 0.4) is 0 Å². The monoisotopic (exact) mass is 542 g/mol. The minimum absolute atomic E-state index is 0.130. The molecule has 3 N–H and O–H groups in total. The van der Waals surface area contributed by atoms with Crippen LogP contribution in [0.25, 0.3) is 10.8 Å². The first-order valence-corrected chi connectivity index (χ1v) is 13.7. The van der Waals surface area contributed by atoms with Gasteiger partial charge in [-0.1, -0.05) is 59.7 Å². The van der Waals surface area contributed by atoms with Gasteiger partial charge in [-0.3, -0.25) is 14.6 Å². The van der Waals surface area contributed by atoms with E-state index in [1.807, 2.05) is 65.0 Å². The first-order chi connectivity index (χ1) is 18.8. The topological polar surface area (TPSA) is 104 Å². The number of hydrogen-bond acceptors (Lipinski definition) is 7. The van der Waals surface area contributed by atoms with Crippen LogP contribution in [0.2, 0.25) is 0 Å². The van der Waals surface area contributed by atoms with E-state index < -0.39 is 0 Å². The fourth-order valence-electron chi connectivity index (χ4n) is 2.57. The zero-order valence-corrected chi connectivity index (χ0v) is 25.4. The summed E-state index contributed by atoms with van der Waals surface area (Å²) in [6.07, 6.45) is 4.38. The van der Waals surface area contributed by atoms with E-state index in [0.717, 1.165) is 35.0 Å². The quantitative estimate of drug-likeness (QED) is 0.241. The van der Waals surface area contributed by atoms with E-state index in [9.17, 15) is 9.59 Å². The van der Waals surface area contributed by atoms with Crippen LogP contribution in [0.4, 0.5) is 5.69 Å². The number of fused-ring (bicyclic) bond motifs is 1. The van der Waals surface area contributed by atoms with Crippen LogP contribution in [0, 0.1) is 0 Å². The Morgan fingerprint density at radius 2 is 1.62 bits per heavy atom. The molecule has 0 spiro atoms. The van der Waals surface area contributed by atoms with Crippen LogP contribution >= 0.6 is 0 Å². The number of hydrogen-bond donors (Lipinski definition) is 3. The Morgan fingerprint density at radius 3 is 2.18 bits per heavy atom. The van der Waals surface area contributed by atoms with E-state index in [1.165, 1.54) is 6.92 Å². The molecule has 0 saturated carbocycles. The molecule has 0 aliphatic rings. The van der Waals surface area contributed by atoms with Gasteiger partial charge in [0.25, 0.3) is 0 Å². The molecule has 2 aromatic carbocycles. The first-order valence-electron chi connectivity index (χ1n) is 13.7. The molecule has 1 heterocycles. The third-order valence-electron chi connectivity index (χ3n) is 4.56. The predicted octanol–water partition coefficient (Wildman–Crippen LogP) is 5.90. The Kier molecular flexibility index (Phi) is 24.2. The number of anilines is 1. The average molecular weight is 543 g/mol. The molecule has 1 amide bonds. The molecule has 0 aliphatic heterocycles. The van der Waals surface area contributed by atoms with Gasteiger partial charge >= 0.3 is 5.97 Å². The number of carbonyl (C=O) groups is 2. The molecule has 8 heteroatoms. The smallest absolute Gasteiger partial charge is 0.308 e. The molecule has 218 valence electrons. The molecule has 0 aliphatic carbocycles. The lowest BCUT2D eigenvalue weighted by molar-refractivity contribution is -0.131. The molecule has 0 unspecified atom stereocenters. The van der Waals surface area contributed by atoms with Crippen LogP contribution in [0.1, 0.15) is 60.5 Å². The number of esters is 1. The van der Waals surface area contributed by atoms with E-state index in [2.05, 4.69) is 41.5 Å². The molecule has 0 atom stereocenters. The third-order valence-corrected chi connectivity index (χ3v) is 4.56. The summed E-state index contributed by atoms with van der Waals surface area (Å²) in [6.45, 7) is 15.5. The molecule has 0 saturated heterocycles. The molecule has 8 nitrogen and oxygen atoms in total. The number of pyridine rings is 1. The fraction of sp³-hybridized carbons (Fsp3) is 0.452. The molecule has 3 rings (SSSR count). The van der Waals surface area contributed by atoms with Crippen LogP contribution in [0.15, 0.2) is 60.9 Å². The highest BCUT2D eigenvalue weighted by Gasteiger charge is 2.04. The third kappa shape index (κ3) is 19.4. The summed E-state index contributed by atoms with van der Waals surface area (Å²) in [4.78, 5) is 29.3. The Bertz CT molecular complexity index is 1040. The maximum absolute atomic E-state index is 12.1. The Balaban J connectivity index is 0. The molecular weight excluding hydrogens is 492 g/mol. The number of ether oxygens (including phenoxy) is 1. The molecule has 0 bridgehead atoms. The van der Waals surface area contributed by atoms with Gasteiger partial charge in [0.05, 0.1) is 6.54 Å². The lowest BCUT2D eigenvalue weighted by atomic mass is 10.1. The lowest BCUT2D eigenvalue weighted by Gasteiger charge is -2.09. The first kappa shape index (κ1) is 37.8. The van der Waals surface area contributed by atoms with Crippen LogP contribution in [0.5, 0.6) is 5.75 Å². The van der Waals surface area contributed by atoms with Crippen molar-refractivity contribution < 1.29 is 19.4 Å². The lowest BCUT2D eigenvalue weighted by Crippen LogP contribution is -2.27. The number of nitrogens with zero attached hydrogens (tertiary/aromatic N) is 2. The highest BCUT2D eigenvalue weighted by molar-refractivity contribution is 5.95. The van der Waals surface area contributed by atoms with Crippen molar-refractivity contribution in [2.45, 2.75) is 61.4 Å². The minimum Gasteiger partial charge on any atom is -0.427 e. The van der Waals surface area contributed by atoms with Gasteiger partial charge in [0.1, 0.15) is 5.75 Å². The zero-order valence-electron chi connectivity index (χ0n) is 25.4. The fourth-order valence-corrected chi connectivity index (χ4v) is 2.57. The predicted molar refractivity (Wildman–Crippen MR) is 164 cm³/mol. The molecular formula is C31H50N4O4. The SMILES string of the molecule is CC.CC.CC(=O)Oc1cccc(CNCC(=O)Nc2ccc3cnccc3c2)c1.CCCO.CCN(C)C. The maximum Gasteiger partial charge on any atom is 0.308 e. The zero-order chi connectivity index (χ0) is 30.1. The highest BCUT2D eigenvalue weighted by Crippen LogP contribution is 2.18. The van der Waals surface area contributed by atoms with Crippen molar-refractivity contribution in [3.63, 3.8) is 0 Å². The Labute approximate surface area is 235 Å². The van der Waals surface area contributed by atoms with Gasteiger partial charge < -0.3 is 25.4 Å². The Hall–Kier alpha value is -3.33. The molecule has 3 aromatic rings. The van der Waals surface area contributed by atoms with E-state index >= 15 is 0 Å². The van der Waals surface area contributed by atoms with Crippen molar-refractivity contribution in [2.24, 2.45) is 0 Å². The number of rotatable bonds is 8. The summed E-state index contributed by atoms with van der Waals surface area (Å²) in [5.41, 5.74) is 1.67. The maximum atomic E-state index is 12.1. The number of benzene rings is 2. The second-order valence-electron chi connectivity index (χ2n) is 7.95. The Morgan fingerprint density at radius 1 is 0.974 bits per heavy atom. The van der Waals surface area contributed by atoms with E-state index in [-0.39, 0.29) is 18.4 Å². The van der Waals surface area contributed by atoms with E-state index in [4.69, 9.17) is 9.84 Å². The second kappa shape index (κ2) is 25.0. The number of aliphatic hydroxyl groups excluding tert-OH is 1. The number of carbonyl (C=O) groups excluding carboxylic acids is 2. The summed E-state index contributed by atoms with van der Waals surface area (Å²) in [5, 5.41) is 15.9. The van der Waals surface area contributed by atoms with Crippen molar-refractivity contribution in [1.82, 2.24) is 15.2 Å². The highest BCUT2D eigenvalue weighted by atomic mass is 16.5. The van der Waals surface area contributed by atoms with Crippen molar-refractivity contribution >= 4 is 28.3 Å². The van der Waals surface area contributed by atoms with Gasteiger partial charge in [0, 0.05) is 43.5 Å². The van der Waals surface area contributed by atoms with Crippen LogP contribution in [-0.4, -0.2) is 60.7 Å². The van der Waals surface area contributed by atoms with Gasteiger partial charge in [-0.25, -0.2) is 0 Å². The van der Waals surface area contributed by atoms with Crippen LogP contribution < -0.4 is 15.4 Å². The van der Waals surface area contributed by atoms with Gasteiger partial charge in [-0.15, -0.1) is 0 Å².